The normalized spacial score (nSPS) is 20.6. The van der Waals surface area contributed by atoms with Crippen LogP contribution in [0.5, 0.6) is 0 Å². The Morgan fingerprint density at radius 2 is 2.03 bits per heavy atom. The number of methoxy groups -OCH3 is 1. The first kappa shape index (κ1) is 24.9. The molecule has 2 aliphatic rings. The highest BCUT2D eigenvalue weighted by molar-refractivity contribution is 5.70. The molecule has 2 aliphatic heterocycles. The zero-order valence-corrected chi connectivity index (χ0v) is 21.3. The van der Waals surface area contributed by atoms with E-state index in [2.05, 4.69) is 82.1 Å². The van der Waals surface area contributed by atoms with Gasteiger partial charge < -0.3 is 14.5 Å². The van der Waals surface area contributed by atoms with E-state index >= 15 is 0 Å². The summed E-state index contributed by atoms with van der Waals surface area (Å²) in [6.45, 7) is 12.5. The van der Waals surface area contributed by atoms with E-state index < -0.39 is 0 Å². The lowest BCUT2D eigenvalue weighted by Crippen LogP contribution is -2.40. The number of allylic oxidation sites excluding steroid dienone is 6. The second kappa shape index (κ2) is 11.4. The zero-order valence-electron chi connectivity index (χ0n) is 21.3. The molecule has 4 heteroatoms. The maximum atomic E-state index is 12.2. The molecule has 3 rings (SSSR count). The molecule has 1 atom stereocenters. The lowest BCUT2D eigenvalue weighted by atomic mass is 9.89. The first-order valence-corrected chi connectivity index (χ1v) is 12.3. The molecule has 0 bridgehead atoms. The Balaban J connectivity index is 2.03. The summed E-state index contributed by atoms with van der Waals surface area (Å²) < 4.78 is 5.01. The number of unbranched alkanes of at least 4 members (excludes halogenated alkanes) is 1. The number of carbonyl (C=O) groups excluding carboxylic acids is 1. The van der Waals surface area contributed by atoms with Crippen LogP contribution >= 0.6 is 0 Å². The predicted octanol–water partition coefficient (Wildman–Crippen LogP) is 7.36. The fourth-order valence-electron chi connectivity index (χ4n) is 4.95. The molecule has 2 heterocycles. The van der Waals surface area contributed by atoms with Gasteiger partial charge in [-0.3, -0.25) is 0 Å². The zero-order chi connectivity index (χ0) is 24.0. The van der Waals surface area contributed by atoms with Crippen LogP contribution in [-0.4, -0.2) is 36.1 Å². The van der Waals surface area contributed by atoms with Gasteiger partial charge >= 0.3 is 6.09 Å². The lowest BCUT2D eigenvalue weighted by molar-refractivity contribution is 0.101. The number of piperidine rings is 1. The largest absolute Gasteiger partial charge is 0.453 e. The number of benzene rings is 1. The van der Waals surface area contributed by atoms with Gasteiger partial charge in [-0.25, -0.2) is 4.79 Å². The minimum absolute atomic E-state index is 0.212. The standard InChI is InChI=1S/C29H40N2O2/c1-7-8-11-26-18-22(3)14-16-31(26)28(24(5)27-13-12-21(2)17-23(27)4)19-25-10-9-15-30(20-25)29(32)33-6/h11-14,16-18,25H,7-10,15,19-20H2,1-6H3/b26-11+,28-24+. The third-order valence-electron chi connectivity index (χ3n) is 6.73. The summed E-state index contributed by atoms with van der Waals surface area (Å²) in [4.78, 5) is 16.4. The first-order chi connectivity index (χ1) is 15.8. The monoisotopic (exact) mass is 448 g/mol. The van der Waals surface area contributed by atoms with Crippen molar-refractivity contribution in [3.8, 4) is 0 Å². The fraction of sp³-hybridized carbons (Fsp3) is 0.483. The molecule has 0 radical (unpaired) electrons. The van der Waals surface area contributed by atoms with E-state index in [1.807, 2.05) is 4.90 Å². The smallest absolute Gasteiger partial charge is 0.409 e. The third-order valence-corrected chi connectivity index (χ3v) is 6.73. The van der Waals surface area contributed by atoms with E-state index in [0.29, 0.717) is 5.92 Å². The van der Waals surface area contributed by atoms with Crippen LogP contribution < -0.4 is 0 Å². The van der Waals surface area contributed by atoms with Crippen molar-refractivity contribution in [2.75, 3.05) is 20.2 Å². The van der Waals surface area contributed by atoms with Gasteiger partial charge in [0.1, 0.15) is 0 Å². The molecule has 0 spiro atoms. The third kappa shape index (κ3) is 6.19. The Morgan fingerprint density at radius 3 is 2.73 bits per heavy atom. The van der Waals surface area contributed by atoms with Crippen LogP contribution in [0.25, 0.3) is 5.57 Å². The van der Waals surface area contributed by atoms with Crippen molar-refractivity contribution in [1.29, 1.82) is 0 Å². The average molecular weight is 449 g/mol. The molecule has 1 aromatic carbocycles. The summed E-state index contributed by atoms with van der Waals surface area (Å²) in [5, 5.41) is 0. The van der Waals surface area contributed by atoms with E-state index in [4.69, 9.17) is 4.74 Å². The molecular formula is C29H40N2O2. The van der Waals surface area contributed by atoms with Gasteiger partial charge in [0.15, 0.2) is 0 Å². The number of rotatable bonds is 6. The van der Waals surface area contributed by atoms with Gasteiger partial charge in [0.25, 0.3) is 0 Å². The van der Waals surface area contributed by atoms with Crippen molar-refractivity contribution in [2.24, 2.45) is 5.92 Å². The highest BCUT2D eigenvalue weighted by atomic mass is 16.5. The summed E-state index contributed by atoms with van der Waals surface area (Å²) in [5.74, 6) is 0.404. The minimum Gasteiger partial charge on any atom is -0.453 e. The number of nitrogens with zero attached hydrogens (tertiary/aromatic N) is 2. The lowest BCUT2D eigenvalue weighted by Gasteiger charge is -2.36. The Hall–Kier alpha value is -2.75. The van der Waals surface area contributed by atoms with E-state index in [1.54, 1.807) is 0 Å². The number of ether oxygens (including phenoxy) is 1. The summed E-state index contributed by atoms with van der Waals surface area (Å²) >= 11 is 0. The number of likely N-dealkylation sites (tertiary alicyclic amines) is 1. The van der Waals surface area contributed by atoms with E-state index in [0.717, 1.165) is 45.2 Å². The number of amides is 1. The second-order valence-electron chi connectivity index (χ2n) is 9.51. The molecule has 1 amide bonds. The molecular weight excluding hydrogens is 408 g/mol. The maximum Gasteiger partial charge on any atom is 0.409 e. The molecule has 1 aromatic rings. The highest BCUT2D eigenvalue weighted by Crippen LogP contribution is 2.35. The van der Waals surface area contributed by atoms with Gasteiger partial charge in [-0.1, -0.05) is 43.2 Å². The summed E-state index contributed by atoms with van der Waals surface area (Å²) in [5.41, 5.74) is 9.03. The number of hydrogen-bond acceptors (Lipinski definition) is 3. The van der Waals surface area contributed by atoms with Crippen molar-refractivity contribution in [3.63, 3.8) is 0 Å². The Morgan fingerprint density at radius 1 is 1.24 bits per heavy atom. The molecule has 1 unspecified atom stereocenters. The molecule has 4 nitrogen and oxygen atoms in total. The van der Waals surface area contributed by atoms with Crippen molar-refractivity contribution in [2.45, 2.75) is 66.7 Å². The quantitative estimate of drug-likeness (QED) is 0.456. The van der Waals surface area contributed by atoms with Gasteiger partial charge in [-0.2, -0.15) is 0 Å². The van der Waals surface area contributed by atoms with E-state index in [1.165, 1.54) is 46.3 Å². The Kier molecular flexibility index (Phi) is 8.60. The second-order valence-corrected chi connectivity index (χ2v) is 9.51. The summed E-state index contributed by atoms with van der Waals surface area (Å²) in [7, 11) is 1.47. The molecule has 33 heavy (non-hydrogen) atoms. The van der Waals surface area contributed by atoms with Crippen molar-refractivity contribution < 1.29 is 9.53 Å². The highest BCUT2D eigenvalue weighted by Gasteiger charge is 2.28. The number of carbonyl (C=O) groups is 1. The van der Waals surface area contributed by atoms with Gasteiger partial charge in [-0.15, -0.1) is 0 Å². The Labute approximate surface area is 200 Å². The van der Waals surface area contributed by atoms with E-state index in [-0.39, 0.29) is 6.09 Å². The Bertz CT molecular complexity index is 983. The van der Waals surface area contributed by atoms with Crippen molar-refractivity contribution >= 4 is 11.7 Å². The molecule has 178 valence electrons. The average Bonchev–Trinajstić information content (AvgIpc) is 2.81. The van der Waals surface area contributed by atoms with E-state index in [9.17, 15) is 4.79 Å². The number of hydrogen-bond donors (Lipinski definition) is 0. The number of aryl methyl sites for hydroxylation is 2. The van der Waals surface area contributed by atoms with Crippen LogP contribution in [0.2, 0.25) is 0 Å². The molecule has 0 saturated carbocycles. The van der Waals surface area contributed by atoms with Crippen LogP contribution in [0, 0.1) is 19.8 Å². The van der Waals surface area contributed by atoms with Gasteiger partial charge in [0.2, 0.25) is 0 Å². The summed E-state index contributed by atoms with van der Waals surface area (Å²) in [6, 6.07) is 6.72. The molecule has 0 aromatic heterocycles. The van der Waals surface area contributed by atoms with Crippen LogP contribution in [0.4, 0.5) is 4.79 Å². The fourth-order valence-corrected chi connectivity index (χ4v) is 4.95. The first-order valence-electron chi connectivity index (χ1n) is 12.3. The molecule has 1 fully saturated rings. The maximum absolute atomic E-state index is 12.2. The molecule has 1 saturated heterocycles. The SMILES string of the molecule is CCC/C=C1\C=C(C)C=CN1/C(CC1CCCN(C(=O)OC)C1)=C(\C)c1ccc(C)cc1C. The predicted molar refractivity (Wildman–Crippen MR) is 138 cm³/mol. The summed E-state index contributed by atoms with van der Waals surface area (Å²) in [6.07, 6.45) is 14.1. The van der Waals surface area contributed by atoms with Gasteiger partial charge in [0, 0.05) is 30.7 Å². The van der Waals surface area contributed by atoms with Crippen LogP contribution in [0.15, 0.2) is 59.6 Å². The van der Waals surface area contributed by atoms with Crippen molar-refractivity contribution in [3.05, 3.63) is 76.3 Å². The van der Waals surface area contributed by atoms with Crippen LogP contribution in [-0.2, 0) is 4.74 Å². The minimum atomic E-state index is -0.212. The molecule has 0 N–H and O–H groups in total. The van der Waals surface area contributed by atoms with Crippen LogP contribution in [0.3, 0.4) is 0 Å². The van der Waals surface area contributed by atoms with Gasteiger partial charge in [-0.05, 0) is 93.7 Å². The van der Waals surface area contributed by atoms with Crippen LogP contribution in [0.1, 0.15) is 69.6 Å². The topological polar surface area (TPSA) is 32.8 Å². The van der Waals surface area contributed by atoms with Gasteiger partial charge in [0.05, 0.1) is 7.11 Å². The van der Waals surface area contributed by atoms with Crippen molar-refractivity contribution in [1.82, 2.24) is 9.80 Å². The molecule has 0 aliphatic carbocycles.